The Bertz CT molecular complexity index is 587. The number of hydrogen-bond acceptors (Lipinski definition) is 8. The standard InChI is InChI=1S/C16H28N4O2.C4H6O2/c1-13(2,21-7)9-15(5,11-17)19-20-16(6,12-18)10-14(3,4)22-8;1-3-6-4(2)5/h9-10H2,1-8H3;3H,1H2,2H3. The second-order valence-corrected chi connectivity index (χ2v) is 8.03. The maximum absolute atomic E-state index is 9.75. The number of ether oxygens (including phenoxy) is 3. The van der Waals surface area contributed by atoms with Crippen LogP contribution in [0, 0.1) is 22.7 Å². The van der Waals surface area contributed by atoms with E-state index in [1.165, 1.54) is 6.92 Å². The third-order valence-electron chi connectivity index (χ3n) is 3.87. The smallest absolute Gasteiger partial charge is 0.307 e. The lowest BCUT2D eigenvalue weighted by Gasteiger charge is -2.31. The van der Waals surface area contributed by atoms with Gasteiger partial charge in [-0.15, -0.1) is 0 Å². The van der Waals surface area contributed by atoms with Crippen LogP contribution in [0.5, 0.6) is 0 Å². The largest absolute Gasteiger partial charge is 0.435 e. The van der Waals surface area contributed by atoms with Crippen molar-refractivity contribution in [3.05, 3.63) is 12.8 Å². The van der Waals surface area contributed by atoms with Crippen LogP contribution in [-0.2, 0) is 19.0 Å². The average molecular weight is 395 g/mol. The Morgan fingerprint density at radius 3 is 1.39 bits per heavy atom. The van der Waals surface area contributed by atoms with Crippen LogP contribution < -0.4 is 0 Å². The van der Waals surface area contributed by atoms with E-state index in [0.29, 0.717) is 12.8 Å². The summed E-state index contributed by atoms with van der Waals surface area (Å²) in [5.74, 6) is -0.329. The highest BCUT2D eigenvalue weighted by atomic mass is 16.5. The molecule has 0 aliphatic rings. The number of carbonyl (C=O) groups is 1. The van der Waals surface area contributed by atoms with E-state index < -0.39 is 22.3 Å². The van der Waals surface area contributed by atoms with Crippen LogP contribution in [-0.4, -0.2) is 42.5 Å². The molecule has 0 fully saturated rings. The van der Waals surface area contributed by atoms with Crippen molar-refractivity contribution < 1.29 is 19.0 Å². The van der Waals surface area contributed by atoms with E-state index in [1.807, 2.05) is 27.7 Å². The predicted octanol–water partition coefficient (Wildman–Crippen LogP) is 4.33. The number of carbonyl (C=O) groups excluding carboxylic acids is 1. The first-order valence-electron chi connectivity index (χ1n) is 8.79. The van der Waals surface area contributed by atoms with Gasteiger partial charge in [0.15, 0.2) is 11.1 Å². The molecule has 0 aromatic carbocycles. The van der Waals surface area contributed by atoms with Crippen LogP contribution in [0.25, 0.3) is 0 Å². The quantitative estimate of drug-likeness (QED) is 0.326. The fraction of sp³-hybridized carbons (Fsp3) is 0.750. The first kappa shape index (κ1) is 27.9. The molecule has 2 atom stereocenters. The van der Waals surface area contributed by atoms with Crippen LogP contribution in [0.4, 0.5) is 0 Å². The van der Waals surface area contributed by atoms with Crippen molar-refractivity contribution in [1.29, 1.82) is 10.5 Å². The number of esters is 1. The molecule has 0 amide bonds. The second kappa shape index (κ2) is 11.5. The zero-order valence-corrected chi connectivity index (χ0v) is 18.6. The highest BCUT2D eigenvalue weighted by Gasteiger charge is 2.36. The summed E-state index contributed by atoms with van der Waals surface area (Å²) in [4.78, 5) is 9.75. The van der Waals surface area contributed by atoms with Gasteiger partial charge < -0.3 is 14.2 Å². The molecule has 8 nitrogen and oxygen atoms in total. The van der Waals surface area contributed by atoms with Crippen LogP contribution >= 0.6 is 0 Å². The lowest BCUT2D eigenvalue weighted by molar-refractivity contribution is -0.135. The van der Waals surface area contributed by atoms with Gasteiger partial charge in [0.1, 0.15) is 0 Å². The van der Waals surface area contributed by atoms with Gasteiger partial charge >= 0.3 is 5.97 Å². The summed E-state index contributed by atoms with van der Waals surface area (Å²) in [6, 6.07) is 4.32. The summed E-state index contributed by atoms with van der Waals surface area (Å²) in [7, 11) is 3.19. The summed E-state index contributed by atoms with van der Waals surface area (Å²) in [5, 5.41) is 27.2. The van der Waals surface area contributed by atoms with Gasteiger partial charge in [-0.05, 0) is 41.5 Å². The van der Waals surface area contributed by atoms with Crippen molar-refractivity contribution in [3.63, 3.8) is 0 Å². The zero-order chi connectivity index (χ0) is 22.6. The number of rotatable bonds is 9. The molecule has 0 spiro atoms. The summed E-state index contributed by atoms with van der Waals surface area (Å²) >= 11 is 0. The van der Waals surface area contributed by atoms with Crippen molar-refractivity contribution in [2.24, 2.45) is 10.2 Å². The van der Waals surface area contributed by atoms with Gasteiger partial charge in [-0.25, -0.2) is 0 Å². The number of methoxy groups -OCH3 is 2. The summed E-state index contributed by atoms with van der Waals surface area (Å²) < 4.78 is 14.9. The van der Waals surface area contributed by atoms with E-state index in [9.17, 15) is 15.3 Å². The lowest BCUT2D eigenvalue weighted by atomic mass is 9.88. The molecule has 0 aliphatic carbocycles. The first-order valence-corrected chi connectivity index (χ1v) is 8.79. The molecule has 0 bridgehead atoms. The monoisotopic (exact) mass is 394 g/mol. The minimum absolute atomic E-state index is 0.329. The highest BCUT2D eigenvalue weighted by molar-refractivity contribution is 5.66. The maximum atomic E-state index is 9.75. The van der Waals surface area contributed by atoms with Gasteiger partial charge in [0.05, 0.1) is 29.6 Å². The second-order valence-electron chi connectivity index (χ2n) is 8.03. The van der Waals surface area contributed by atoms with Crippen LogP contribution in [0.15, 0.2) is 23.1 Å². The lowest BCUT2D eigenvalue weighted by Crippen LogP contribution is -2.37. The first-order chi connectivity index (χ1) is 12.6. The summed E-state index contributed by atoms with van der Waals surface area (Å²) in [6.07, 6.45) is 1.86. The molecular weight excluding hydrogens is 360 g/mol. The maximum Gasteiger partial charge on any atom is 0.307 e. The molecule has 2 unspecified atom stereocenters. The van der Waals surface area contributed by atoms with Gasteiger partial charge in [-0.1, -0.05) is 6.58 Å². The Morgan fingerprint density at radius 2 is 1.25 bits per heavy atom. The van der Waals surface area contributed by atoms with E-state index in [-0.39, 0.29) is 5.97 Å². The van der Waals surface area contributed by atoms with E-state index >= 15 is 0 Å². The third-order valence-corrected chi connectivity index (χ3v) is 3.87. The SMILES string of the molecule is C=COC(C)=O.COC(C)(C)CC(C)(C#N)N=NC(C)(C#N)CC(C)(C)OC. The van der Waals surface area contributed by atoms with Crippen molar-refractivity contribution in [2.75, 3.05) is 14.2 Å². The van der Waals surface area contributed by atoms with Gasteiger partial charge in [0.25, 0.3) is 0 Å². The average Bonchev–Trinajstić information content (AvgIpc) is 2.60. The van der Waals surface area contributed by atoms with Crippen molar-refractivity contribution in [1.82, 2.24) is 0 Å². The molecule has 0 aliphatic heterocycles. The Labute approximate surface area is 169 Å². The van der Waals surface area contributed by atoms with Crippen LogP contribution in [0.3, 0.4) is 0 Å². The minimum atomic E-state index is -1.05. The normalized spacial score (nSPS) is 15.8. The molecule has 0 heterocycles. The number of hydrogen-bond donors (Lipinski definition) is 0. The fourth-order valence-corrected chi connectivity index (χ4v) is 2.33. The Kier molecular flexibility index (Phi) is 11.5. The molecule has 28 heavy (non-hydrogen) atoms. The van der Waals surface area contributed by atoms with Gasteiger partial charge in [-0.3, -0.25) is 4.79 Å². The molecule has 0 saturated carbocycles. The zero-order valence-electron chi connectivity index (χ0n) is 18.6. The van der Waals surface area contributed by atoms with Crippen molar-refractivity contribution in [2.45, 2.75) is 83.6 Å². The van der Waals surface area contributed by atoms with Crippen LogP contribution in [0.2, 0.25) is 0 Å². The predicted molar refractivity (Wildman–Crippen MR) is 106 cm³/mol. The molecule has 0 aromatic heterocycles. The molecule has 0 saturated heterocycles. The summed E-state index contributed by atoms with van der Waals surface area (Å²) in [5.41, 5.74) is -3.10. The molecular formula is C20H34N4O4. The Hall–Kier alpha value is -2.29. The third kappa shape index (κ3) is 12.2. The van der Waals surface area contributed by atoms with E-state index in [4.69, 9.17) is 9.47 Å². The van der Waals surface area contributed by atoms with Gasteiger partial charge in [0, 0.05) is 34.0 Å². The van der Waals surface area contributed by atoms with Gasteiger partial charge in [0.2, 0.25) is 0 Å². The fourth-order valence-electron chi connectivity index (χ4n) is 2.33. The molecule has 8 heteroatoms. The van der Waals surface area contributed by atoms with E-state index in [1.54, 1.807) is 28.1 Å². The van der Waals surface area contributed by atoms with Gasteiger partial charge in [-0.2, -0.15) is 20.8 Å². The molecule has 0 N–H and O–H groups in total. The molecule has 0 aromatic rings. The van der Waals surface area contributed by atoms with E-state index in [2.05, 4.69) is 33.7 Å². The Morgan fingerprint density at radius 1 is 0.929 bits per heavy atom. The van der Waals surface area contributed by atoms with E-state index in [0.717, 1.165) is 6.26 Å². The topological polar surface area (TPSA) is 117 Å². The van der Waals surface area contributed by atoms with Crippen molar-refractivity contribution >= 4 is 5.97 Å². The van der Waals surface area contributed by atoms with Crippen LogP contribution in [0.1, 0.15) is 61.3 Å². The summed E-state index contributed by atoms with van der Waals surface area (Å²) in [6.45, 7) is 15.4. The highest BCUT2D eigenvalue weighted by Crippen LogP contribution is 2.30. The molecule has 0 rings (SSSR count). The molecule has 0 radical (unpaired) electrons. The van der Waals surface area contributed by atoms with Crippen molar-refractivity contribution in [3.8, 4) is 12.1 Å². The minimum Gasteiger partial charge on any atom is -0.435 e. The Balaban J connectivity index is 0. The number of nitriles is 2. The molecule has 158 valence electrons. The number of nitrogens with zero attached hydrogens (tertiary/aromatic N) is 4. The number of azo groups is 1.